The first-order chi connectivity index (χ1) is 13.3. The molecule has 0 saturated carbocycles. The van der Waals surface area contributed by atoms with E-state index in [9.17, 15) is 0 Å². The first-order valence-corrected chi connectivity index (χ1v) is 15.4. The zero-order valence-corrected chi connectivity index (χ0v) is 18.1. The van der Waals surface area contributed by atoms with Crippen molar-refractivity contribution in [3.05, 3.63) is 103 Å². The second-order valence-corrected chi connectivity index (χ2v) is 16.5. The van der Waals surface area contributed by atoms with Crippen LogP contribution in [0.4, 0.5) is 0 Å². The summed E-state index contributed by atoms with van der Waals surface area (Å²) in [6, 6.07) is 38.1. The van der Waals surface area contributed by atoms with Crippen LogP contribution in [0.25, 0.3) is 20.2 Å². The van der Waals surface area contributed by atoms with Crippen molar-refractivity contribution in [1.29, 1.82) is 0 Å². The SMILES string of the molecule is [CH3][Ge]([c]1ccccc1)([c]1ccccc1)[c]1cccc2c1sc1ccccc12. The molecule has 0 atom stereocenters. The van der Waals surface area contributed by atoms with Gasteiger partial charge in [0.1, 0.15) is 0 Å². The van der Waals surface area contributed by atoms with Crippen molar-refractivity contribution in [3.8, 4) is 0 Å². The van der Waals surface area contributed by atoms with Crippen LogP contribution in [-0.2, 0) is 0 Å². The Labute approximate surface area is 166 Å². The standard InChI is InChI=1S/C25H20GeS/c1-26(19-11-4-2-5-12-19,20-13-6-3-7-14-20)23-17-10-16-22-21-15-8-9-18-24(21)27-25(22)23/h2-18H,1H3. The van der Waals surface area contributed by atoms with Crippen LogP contribution in [0.2, 0.25) is 5.76 Å². The van der Waals surface area contributed by atoms with Gasteiger partial charge < -0.3 is 0 Å². The Balaban J connectivity index is 1.89. The van der Waals surface area contributed by atoms with Crippen molar-refractivity contribution in [3.63, 3.8) is 0 Å². The van der Waals surface area contributed by atoms with Crippen molar-refractivity contribution >= 4 is 58.0 Å². The molecule has 27 heavy (non-hydrogen) atoms. The van der Waals surface area contributed by atoms with Gasteiger partial charge in [0.15, 0.2) is 0 Å². The molecule has 0 aliphatic heterocycles. The van der Waals surface area contributed by atoms with E-state index in [0.29, 0.717) is 0 Å². The minimum absolute atomic E-state index is 1.38. The van der Waals surface area contributed by atoms with Gasteiger partial charge in [0.25, 0.3) is 0 Å². The van der Waals surface area contributed by atoms with Crippen LogP contribution in [0.15, 0.2) is 103 Å². The number of rotatable bonds is 3. The number of fused-ring (bicyclic) bond motifs is 3. The summed E-state index contributed by atoms with van der Waals surface area (Å²) in [7, 11) is 0. The molecule has 1 heterocycles. The number of hydrogen-bond acceptors (Lipinski definition) is 1. The predicted octanol–water partition coefficient (Wildman–Crippen LogP) is 5.15. The fraction of sp³-hybridized carbons (Fsp3) is 0.0400. The second kappa shape index (κ2) is 6.67. The van der Waals surface area contributed by atoms with Crippen molar-refractivity contribution in [2.24, 2.45) is 0 Å². The molecule has 4 aromatic carbocycles. The fourth-order valence-electron chi connectivity index (χ4n) is 4.16. The molecule has 0 amide bonds. The van der Waals surface area contributed by atoms with E-state index in [-0.39, 0.29) is 0 Å². The quantitative estimate of drug-likeness (QED) is 0.351. The van der Waals surface area contributed by atoms with Gasteiger partial charge in [-0.3, -0.25) is 0 Å². The topological polar surface area (TPSA) is 0 Å². The normalized spacial score (nSPS) is 11.9. The van der Waals surface area contributed by atoms with E-state index in [1.807, 2.05) is 11.3 Å². The summed E-state index contributed by atoms with van der Waals surface area (Å²) in [6.07, 6.45) is 0. The summed E-state index contributed by atoms with van der Waals surface area (Å²) in [5.74, 6) is 2.55. The van der Waals surface area contributed by atoms with Gasteiger partial charge in [0.05, 0.1) is 0 Å². The molecule has 2 heteroatoms. The van der Waals surface area contributed by atoms with Crippen molar-refractivity contribution < 1.29 is 0 Å². The third kappa shape index (κ3) is 2.65. The fourth-order valence-corrected chi connectivity index (χ4v) is 14.4. The average Bonchev–Trinajstić information content (AvgIpc) is 3.13. The molecule has 130 valence electrons. The van der Waals surface area contributed by atoms with Gasteiger partial charge in [-0.05, 0) is 0 Å². The van der Waals surface area contributed by atoms with Gasteiger partial charge in [-0.15, -0.1) is 0 Å². The van der Waals surface area contributed by atoms with Gasteiger partial charge in [0.2, 0.25) is 0 Å². The molecular formula is C25H20GeS. The molecule has 1 aromatic heterocycles. The van der Waals surface area contributed by atoms with Crippen molar-refractivity contribution in [2.75, 3.05) is 0 Å². The van der Waals surface area contributed by atoms with Crippen LogP contribution >= 0.6 is 11.3 Å². The van der Waals surface area contributed by atoms with Gasteiger partial charge in [0, 0.05) is 0 Å². The maximum absolute atomic E-state index is 2.76. The van der Waals surface area contributed by atoms with Crippen LogP contribution in [-0.4, -0.2) is 13.3 Å². The predicted molar refractivity (Wildman–Crippen MR) is 123 cm³/mol. The van der Waals surface area contributed by atoms with Gasteiger partial charge in [-0.25, -0.2) is 0 Å². The van der Waals surface area contributed by atoms with Crippen LogP contribution < -0.4 is 13.2 Å². The molecule has 0 saturated heterocycles. The molecule has 0 aliphatic carbocycles. The Bertz CT molecular complexity index is 1180. The summed E-state index contributed by atoms with van der Waals surface area (Å²) < 4.78 is 7.42. The van der Waals surface area contributed by atoms with Crippen LogP contribution in [0, 0.1) is 0 Å². The maximum atomic E-state index is 2.55. The first-order valence-electron chi connectivity index (χ1n) is 9.30. The zero-order chi connectivity index (χ0) is 18.3. The van der Waals surface area contributed by atoms with Gasteiger partial charge >= 0.3 is 167 Å². The summed E-state index contributed by atoms with van der Waals surface area (Å²) in [4.78, 5) is 0. The molecule has 0 radical (unpaired) electrons. The molecular weight excluding hydrogens is 405 g/mol. The van der Waals surface area contributed by atoms with E-state index < -0.39 is 13.3 Å². The molecule has 0 bridgehead atoms. The van der Waals surface area contributed by atoms with Gasteiger partial charge in [-0.2, -0.15) is 0 Å². The first kappa shape index (κ1) is 16.8. The van der Waals surface area contributed by atoms with Crippen molar-refractivity contribution in [1.82, 2.24) is 0 Å². The number of benzene rings is 4. The van der Waals surface area contributed by atoms with E-state index >= 15 is 0 Å². The summed E-state index contributed by atoms with van der Waals surface area (Å²) >= 11 is -0.804. The molecule has 5 aromatic rings. The Kier molecular flexibility index (Phi) is 4.15. The minimum atomic E-state index is -2.76. The van der Waals surface area contributed by atoms with Crippen LogP contribution in [0.1, 0.15) is 0 Å². The average molecular weight is 425 g/mol. The molecule has 0 nitrogen and oxygen atoms in total. The summed E-state index contributed by atoms with van der Waals surface area (Å²) in [5.41, 5.74) is 0. The molecule has 0 aliphatic rings. The van der Waals surface area contributed by atoms with E-state index in [4.69, 9.17) is 0 Å². The Morgan fingerprint density at radius 1 is 0.556 bits per heavy atom. The number of hydrogen-bond donors (Lipinski definition) is 0. The van der Waals surface area contributed by atoms with E-state index in [2.05, 4.69) is 109 Å². The van der Waals surface area contributed by atoms with E-state index in [1.54, 1.807) is 4.40 Å². The van der Waals surface area contributed by atoms with Crippen molar-refractivity contribution in [2.45, 2.75) is 5.76 Å². The Morgan fingerprint density at radius 3 is 1.78 bits per heavy atom. The third-order valence-electron chi connectivity index (χ3n) is 5.65. The zero-order valence-electron chi connectivity index (χ0n) is 15.2. The molecule has 5 rings (SSSR count). The molecule has 0 fully saturated rings. The monoisotopic (exact) mass is 426 g/mol. The second-order valence-electron chi connectivity index (χ2n) is 7.14. The van der Waals surface area contributed by atoms with E-state index in [0.717, 1.165) is 0 Å². The van der Waals surface area contributed by atoms with Gasteiger partial charge in [-0.1, -0.05) is 0 Å². The summed E-state index contributed by atoms with van der Waals surface area (Å²) in [6.45, 7) is 0. The summed E-state index contributed by atoms with van der Waals surface area (Å²) in [5, 5.41) is 2.78. The van der Waals surface area contributed by atoms with Crippen LogP contribution in [0.3, 0.4) is 0 Å². The molecule has 0 N–H and O–H groups in total. The Morgan fingerprint density at radius 2 is 1.11 bits per heavy atom. The number of thiophene rings is 1. The molecule has 0 unspecified atom stereocenters. The molecule has 0 spiro atoms. The van der Waals surface area contributed by atoms with Crippen LogP contribution in [0.5, 0.6) is 0 Å². The third-order valence-corrected chi connectivity index (χ3v) is 16.6. The van der Waals surface area contributed by atoms with E-state index in [1.165, 1.54) is 29.0 Å². The Hall–Kier alpha value is -2.36.